The Morgan fingerprint density at radius 2 is 2.27 bits per heavy atom. The Labute approximate surface area is 173 Å². The Kier molecular flexibility index (Phi) is 6.15. The number of hydrogen-bond donors (Lipinski definition) is 3. The van der Waals surface area contributed by atoms with E-state index in [1.54, 1.807) is 6.07 Å². The molecule has 1 aliphatic rings. The summed E-state index contributed by atoms with van der Waals surface area (Å²) in [7, 11) is 0. The van der Waals surface area contributed by atoms with Crippen LogP contribution in [0.1, 0.15) is 33.0 Å². The molecule has 1 unspecified atom stereocenters. The zero-order chi connectivity index (χ0) is 21.7. The second-order valence-electron chi connectivity index (χ2n) is 7.79. The number of halogens is 1. The highest BCUT2D eigenvalue weighted by Gasteiger charge is 2.27. The van der Waals surface area contributed by atoms with Gasteiger partial charge in [0.2, 0.25) is 5.82 Å². The number of aromatic nitrogens is 4. The maximum Gasteiger partial charge on any atom is 0.407 e. The highest BCUT2D eigenvalue weighted by atomic mass is 19.1. The van der Waals surface area contributed by atoms with Crippen molar-refractivity contribution >= 4 is 23.0 Å². The first-order valence-corrected chi connectivity index (χ1v) is 9.40. The zero-order valence-electron chi connectivity index (χ0n) is 16.9. The second-order valence-corrected chi connectivity index (χ2v) is 7.79. The maximum atomic E-state index is 13.9. The predicted molar refractivity (Wildman–Crippen MR) is 108 cm³/mol. The number of rotatable bonds is 5. The Morgan fingerprint density at radius 3 is 2.93 bits per heavy atom. The van der Waals surface area contributed by atoms with E-state index in [0.29, 0.717) is 18.8 Å². The molecule has 10 nitrogen and oxygen atoms in total. The molecule has 3 N–H and O–H groups in total. The lowest BCUT2D eigenvalue weighted by Gasteiger charge is -2.23. The molecule has 1 aromatic carbocycles. The summed E-state index contributed by atoms with van der Waals surface area (Å²) in [6.45, 7) is 6.63. The van der Waals surface area contributed by atoms with Gasteiger partial charge in [-0.05, 0) is 50.6 Å². The average Bonchev–Trinajstić information content (AvgIpc) is 3.33. The standard InChI is InChI=1S/C19H23FN8O2/c1-19(2,3)30-18(29)23-14-6-7-28(11-14)16-5-4-13(20)8-15(16)22-10-12(9-21)17-24-26-27-25-17/h4-5,8,10,14,22H,6-7,11H2,1-3H3,(H,23,29)(H,24,25,26,27). The van der Waals surface area contributed by atoms with E-state index in [2.05, 4.69) is 31.3 Å². The third kappa shape index (κ3) is 5.44. The summed E-state index contributed by atoms with van der Waals surface area (Å²) in [5, 5.41) is 28.4. The minimum absolute atomic E-state index is 0.0951. The lowest BCUT2D eigenvalue weighted by Crippen LogP contribution is -2.40. The molecule has 3 rings (SSSR count). The first kappa shape index (κ1) is 21.0. The summed E-state index contributed by atoms with van der Waals surface area (Å²) in [6.07, 6.45) is 1.65. The summed E-state index contributed by atoms with van der Waals surface area (Å²) >= 11 is 0. The first-order chi connectivity index (χ1) is 14.2. The van der Waals surface area contributed by atoms with Gasteiger partial charge in [0.1, 0.15) is 23.1 Å². The highest BCUT2D eigenvalue weighted by Crippen LogP contribution is 2.30. The number of H-pyrrole nitrogens is 1. The molecular weight excluding hydrogens is 391 g/mol. The molecule has 1 saturated heterocycles. The number of ether oxygens (including phenoxy) is 1. The molecule has 0 saturated carbocycles. The van der Waals surface area contributed by atoms with Crippen molar-refractivity contribution < 1.29 is 13.9 Å². The fraction of sp³-hybridized carbons (Fsp3) is 0.421. The number of alkyl carbamates (subject to hydrolysis) is 1. The van der Waals surface area contributed by atoms with E-state index in [0.717, 1.165) is 12.1 Å². The number of amides is 1. The van der Waals surface area contributed by atoms with Crippen molar-refractivity contribution in [1.29, 1.82) is 5.26 Å². The van der Waals surface area contributed by atoms with Gasteiger partial charge in [0.25, 0.3) is 0 Å². The largest absolute Gasteiger partial charge is 0.444 e. The van der Waals surface area contributed by atoms with Crippen LogP contribution in [-0.2, 0) is 4.74 Å². The number of carbonyl (C=O) groups is 1. The van der Waals surface area contributed by atoms with Crippen LogP contribution in [0, 0.1) is 17.1 Å². The fourth-order valence-electron chi connectivity index (χ4n) is 3.04. The SMILES string of the molecule is CC(C)(C)OC(=O)NC1CCN(c2ccc(F)cc2NC=C(C#N)c2nn[nH]n2)C1. The Balaban J connectivity index is 1.71. The van der Waals surface area contributed by atoms with Gasteiger partial charge >= 0.3 is 6.09 Å². The summed E-state index contributed by atoms with van der Waals surface area (Å²) in [5.74, 6) is -0.291. The number of nitriles is 1. The lowest BCUT2D eigenvalue weighted by molar-refractivity contribution is 0.0509. The predicted octanol–water partition coefficient (Wildman–Crippen LogP) is 2.42. The fourth-order valence-corrected chi connectivity index (χ4v) is 3.04. The van der Waals surface area contributed by atoms with Gasteiger partial charge in [0.05, 0.1) is 17.4 Å². The number of anilines is 2. The van der Waals surface area contributed by atoms with Gasteiger partial charge in [-0.2, -0.15) is 10.5 Å². The van der Waals surface area contributed by atoms with Gasteiger partial charge < -0.3 is 20.3 Å². The molecule has 158 valence electrons. The minimum Gasteiger partial charge on any atom is -0.444 e. The summed E-state index contributed by atoms with van der Waals surface area (Å²) in [4.78, 5) is 14.0. The van der Waals surface area contributed by atoms with Gasteiger partial charge in [0.15, 0.2) is 0 Å². The number of tetrazole rings is 1. The van der Waals surface area contributed by atoms with Gasteiger partial charge in [-0.25, -0.2) is 9.18 Å². The number of hydrogen-bond acceptors (Lipinski definition) is 8. The zero-order valence-corrected chi connectivity index (χ0v) is 16.9. The van der Waals surface area contributed by atoms with Crippen LogP contribution in [0.4, 0.5) is 20.6 Å². The first-order valence-electron chi connectivity index (χ1n) is 9.40. The van der Waals surface area contributed by atoms with Crippen molar-refractivity contribution in [2.75, 3.05) is 23.3 Å². The molecule has 1 amide bonds. The third-order valence-corrected chi connectivity index (χ3v) is 4.29. The molecular formula is C19H23FN8O2. The highest BCUT2D eigenvalue weighted by molar-refractivity contribution is 5.78. The molecule has 0 spiro atoms. The Bertz CT molecular complexity index is 962. The molecule has 1 fully saturated rings. The lowest BCUT2D eigenvalue weighted by atomic mass is 10.2. The van der Waals surface area contributed by atoms with Crippen LogP contribution in [0.3, 0.4) is 0 Å². The summed E-state index contributed by atoms with van der Waals surface area (Å²) in [6, 6.07) is 6.23. The van der Waals surface area contributed by atoms with Crippen molar-refractivity contribution in [1.82, 2.24) is 25.9 Å². The number of nitrogens with zero attached hydrogens (tertiary/aromatic N) is 5. The molecule has 0 bridgehead atoms. The molecule has 2 heterocycles. The number of aromatic amines is 1. The van der Waals surface area contributed by atoms with Crippen LogP contribution in [0.5, 0.6) is 0 Å². The molecule has 0 radical (unpaired) electrons. The number of allylic oxidation sites excluding steroid dienone is 1. The van der Waals surface area contributed by atoms with Crippen molar-refractivity contribution in [3.05, 3.63) is 36.0 Å². The van der Waals surface area contributed by atoms with Crippen LogP contribution in [0.15, 0.2) is 24.4 Å². The van der Waals surface area contributed by atoms with Crippen molar-refractivity contribution in [3.63, 3.8) is 0 Å². The summed E-state index contributed by atoms with van der Waals surface area (Å²) < 4.78 is 19.2. The minimum atomic E-state index is -0.570. The molecule has 0 aliphatic carbocycles. The van der Waals surface area contributed by atoms with E-state index >= 15 is 0 Å². The monoisotopic (exact) mass is 414 g/mol. The van der Waals surface area contributed by atoms with E-state index in [4.69, 9.17) is 4.74 Å². The molecule has 1 aromatic heterocycles. The van der Waals surface area contributed by atoms with Gasteiger partial charge in [-0.1, -0.05) is 0 Å². The number of carbonyl (C=O) groups excluding carboxylic acids is 1. The van der Waals surface area contributed by atoms with Gasteiger partial charge in [-0.3, -0.25) is 0 Å². The number of benzene rings is 1. The van der Waals surface area contributed by atoms with Crippen LogP contribution in [0.25, 0.3) is 5.57 Å². The number of nitrogens with one attached hydrogen (secondary N) is 3. The van der Waals surface area contributed by atoms with E-state index in [-0.39, 0.29) is 17.4 Å². The molecule has 11 heteroatoms. The van der Waals surface area contributed by atoms with Crippen LogP contribution in [0.2, 0.25) is 0 Å². The summed E-state index contributed by atoms with van der Waals surface area (Å²) in [5.41, 5.74) is 0.792. The van der Waals surface area contributed by atoms with Gasteiger partial charge in [0, 0.05) is 19.3 Å². The molecule has 2 aromatic rings. The van der Waals surface area contributed by atoms with E-state index in [9.17, 15) is 14.4 Å². The molecule has 1 aliphatic heterocycles. The van der Waals surface area contributed by atoms with Crippen molar-refractivity contribution in [3.8, 4) is 6.07 Å². The van der Waals surface area contributed by atoms with E-state index in [1.165, 1.54) is 18.3 Å². The van der Waals surface area contributed by atoms with Crippen molar-refractivity contribution in [2.24, 2.45) is 0 Å². The van der Waals surface area contributed by atoms with Crippen LogP contribution in [-0.4, -0.2) is 51.4 Å². The third-order valence-electron chi connectivity index (χ3n) is 4.29. The molecule has 30 heavy (non-hydrogen) atoms. The maximum absolute atomic E-state index is 13.9. The van der Waals surface area contributed by atoms with Crippen LogP contribution >= 0.6 is 0 Å². The van der Waals surface area contributed by atoms with E-state index in [1.807, 2.05) is 31.7 Å². The normalized spacial score (nSPS) is 16.8. The topological polar surface area (TPSA) is 132 Å². The average molecular weight is 414 g/mol. The quantitative estimate of drug-likeness (QED) is 0.636. The Hall–Kier alpha value is -3.68. The molecule has 1 atom stereocenters. The Morgan fingerprint density at radius 1 is 1.47 bits per heavy atom. The van der Waals surface area contributed by atoms with E-state index < -0.39 is 17.5 Å². The van der Waals surface area contributed by atoms with Gasteiger partial charge in [-0.15, -0.1) is 10.2 Å². The van der Waals surface area contributed by atoms with Crippen LogP contribution < -0.4 is 15.5 Å². The smallest absolute Gasteiger partial charge is 0.407 e. The van der Waals surface area contributed by atoms with Crippen molar-refractivity contribution in [2.45, 2.75) is 38.8 Å². The second kappa shape index (κ2) is 8.77.